The van der Waals surface area contributed by atoms with Crippen LogP contribution in [0.1, 0.15) is 77.6 Å². The van der Waals surface area contributed by atoms with E-state index in [2.05, 4.69) is 28.6 Å². The maximum atomic E-state index is 14.6. The molecular weight excluding hydrogens is 581 g/mol. The number of alkyl halides is 3. The summed E-state index contributed by atoms with van der Waals surface area (Å²) in [5, 5.41) is 8.50. The van der Waals surface area contributed by atoms with Gasteiger partial charge in [0.05, 0.1) is 17.5 Å². The van der Waals surface area contributed by atoms with E-state index in [4.69, 9.17) is 0 Å². The first kappa shape index (κ1) is 29.7. The van der Waals surface area contributed by atoms with Crippen LogP contribution in [0.3, 0.4) is 0 Å². The Morgan fingerprint density at radius 1 is 1.16 bits per heavy atom. The summed E-state index contributed by atoms with van der Waals surface area (Å²) < 4.78 is 45.6. The van der Waals surface area contributed by atoms with Gasteiger partial charge in [-0.05, 0) is 85.7 Å². The van der Waals surface area contributed by atoms with Gasteiger partial charge in [0.1, 0.15) is 12.2 Å². The molecule has 3 fully saturated rings. The molecule has 1 spiro atoms. The van der Waals surface area contributed by atoms with E-state index < -0.39 is 17.6 Å². The summed E-state index contributed by atoms with van der Waals surface area (Å²) in [6.07, 6.45) is 0.988. The molecule has 7 rings (SSSR count). The van der Waals surface area contributed by atoms with E-state index in [0.29, 0.717) is 43.3 Å². The molecule has 0 radical (unpaired) electrons. The van der Waals surface area contributed by atoms with Crippen molar-refractivity contribution in [2.75, 3.05) is 31.1 Å². The number of likely N-dealkylation sites (tertiary alicyclic amines) is 2. The summed E-state index contributed by atoms with van der Waals surface area (Å²) in [5.74, 6) is 0.811. The lowest BCUT2D eigenvalue weighted by atomic mass is 9.58. The number of carbonyl (C=O) groups excluding carboxylic acids is 2. The molecule has 8 nitrogen and oxygen atoms in total. The summed E-state index contributed by atoms with van der Waals surface area (Å²) in [7, 11) is 1.91. The SMILES string of the molecule is C=CC(=O)N1CC2(CCN([C@H](C)c3cc4c(c(C(F)(F)F)c3)CN(c3cccc(C5(c6nncn6C)CC(C)C5)c3)C4=O)C2)C1. The first-order valence-corrected chi connectivity index (χ1v) is 15.5. The molecule has 0 unspecified atom stereocenters. The Labute approximate surface area is 260 Å². The predicted octanol–water partition coefficient (Wildman–Crippen LogP) is 5.49. The summed E-state index contributed by atoms with van der Waals surface area (Å²) in [5.41, 5.74) is 0.997. The van der Waals surface area contributed by atoms with Crippen LogP contribution >= 0.6 is 0 Å². The van der Waals surface area contributed by atoms with E-state index in [1.165, 1.54) is 17.0 Å². The smallest absolute Gasteiger partial charge is 0.338 e. The molecule has 0 bridgehead atoms. The van der Waals surface area contributed by atoms with Crippen molar-refractivity contribution in [3.8, 4) is 0 Å². The van der Waals surface area contributed by atoms with Gasteiger partial charge in [0.2, 0.25) is 5.91 Å². The number of fused-ring (bicyclic) bond motifs is 1. The lowest BCUT2D eigenvalue weighted by Crippen LogP contribution is -2.59. The molecule has 0 N–H and O–H groups in total. The Bertz CT molecular complexity index is 1700. The second-order valence-electron chi connectivity index (χ2n) is 13.7. The molecule has 2 amide bonds. The minimum atomic E-state index is -4.61. The molecule has 2 saturated heterocycles. The van der Waals surface area contributed by atoms with Gasteiger partial charge in [-0.2, -0.15) is 13.2 Å². The number of aromatic nitrogens is 3. The van der Waals surface area contributed by atoms with Gasteiger partial charge < -0.3 is 14.4 Å². The van der Waals surface area contributed by atoms with Gasteiger partial charge in [0, 0.05) is 49.4 Å². The molecule has 11 heteroatoms. The molecule has 45 heavy (non-hydrogen) atoms. The number of nitrogens with zero attached hydrogens (tertiary/aromatic N) is 6. The van der Waals surface area contributed by atoms with Crippen molar-refractivity contribution in [3.63, 3.8) is 0 Å². The van der Waals surface area contributed by atoms with E-state index in [1.54, 1.807) is 23.4 Å². The zero-order valence-electron chi connectivity index (χ0n) is 25.8. The fourth-order valence-electron chi connectivity index (χ4n) is 8.32. The third kappa shape index (κ3) is 4.69. The van der Waals surface area contributed by atoms with Gasteiger partial charge in [0.15, 0.2) is 0 Å². The zero-order chi connectivity index (χ0) is 31.9. The van der Waals surface area contributed by atoms with Crippen molar-refractivity contribution in [3.05, 3.63) is 89.0 Å². The van der Waals surface area contributed by atoms with Crippen LogP contribution in [0, 0.1) is 11.3 Å². The highest BCUT2D eigenvalue weighted by Gasteiger charge is 2.51. The fraction of sp³-hybridized carbons (Fsp3) is 0.471. The van der Waals surface area contributed by atoms with E-state index in [9.17, 15) is 22.8 Å². The Morgan fingerprint density at radius 3 is 2.56 bits per heavy atom. The molecule has 1 aliphatic carbocycles. The summed E-state index contributed by atoms with van der Waals surface area (Å²) in [6.45, 7) is 10.2. The molecule has 3 aliphatic heterocycles. The summed E-state index contributed by atoms with van der Waals surface area (Å²) in [4.78, 5) is 31.3. The number of benzene rings is 2. The van der Waals surface area contributed by atoms with Gasteiger partial charge in [-0.1, -0.05) is 25.6 Å². The van der Waals surface area contributed by atoms with E-state index >= 15 is 0 Å². The molecular formula is C34H37F3N6O2. The normalized spacial score (nSPS) is 24.8. The molecule has 4 heterocycles. The minimum absolute atomic E-state index is 0.0181. The number of rotatable bonds is 6. The third-order valence-corrected chi connectivity index (χ3v) is 10.6. The van der Waals surface area contributed by atoms with Crippen LogP contribution in [0.4, 0.5) is 18.9 Å². The Balaban J connectivity index is 1.18. The van der Waals surface area contributed by atoms with Crippen LogP contribution in [0.25, 0.3) is 0 Å². The van der Waals surface area contributed by atoms with E-state index in [1.807, 2.05) is 36.7 Å². The number of hydrogen-bond donors (Lipinski definition) is 0. The highest BCUT2D eigenvalue weighted by molar-refractivity contribution is 6.10. The molecule has 1 saturated carbocycles. The molecule has 1 atom stereocenters. The molecule has 3 aromatic rings. The van der Waals surface area contributed by atoms with Gasteiger partial charge >= 0.3 is 6.18 Å². The Hall–Kier alpha value is -3.99. The van der Waals surface area contributed by atoms with Crippen molar-refractivity contribution >= 4 is 17.5 Å². The van der Waals surface area contributed by atoms with Crippen LogP contribution in [0.2, 0.25) is 0 Å². The topological polar surface area (TPSA) is 74.6 Å². The second kappa shape index (κ2) is 10.3. The number of halogens is 3. The maximum Gasteiger partial charge on any atom is 0.416 e. The average Bonchev–Trinajstić information content (AvgIpc) is 3.70. The number of anilines is 1. The number of carbonyl (C=O) groups is 2. The third-order valence-electron chi connectivity index (χ3n) is 10.6. The zero-order valence-corrected chi connectivity index (χ0v) is 25.8. The van der Waals surface area contributed by atoms with Crippen molar-refractivity contribution in [2.45, 2.75) is 57.3 Å². The fourth-order valence-corrected chi connectivity index (χ4v) is 8.32. The van der Waals surface area contributed by atoms with Crippen LogP contribution in [0.5, 0.6) is 0 Å². The largest absolute Gasteiger partial charge is 0.416 e. The highest BCUT2D eigenvalue weighted by Crippen LogP contribution is 2.52. The Morgan fingerprint density at radius 2 is 1.91 bits per heavy atom. The van der Waals surface area contributed by atoms with Gasteiger partial charge in [-0.3, -0.25) is 14.5 Å². The predicted molar refractivity (Wildman–Crippen MR) is 162 cm³/mol. The quantitative estimate of drug-likeness (QED) is 0.342. The average molecular weight is 619 g/mol. The van der Waals surface area contributed by atoms with E-state index in [-0.39, 0.29) is 40.5 Å². The van der Waals surface area contributed by atoms with Gasteiger partial charge in [-0.25, -0.2) is 0 Å². The van der Waals surface area contributed by atoms with E-state index in [0.717, 1.165) is 30.7 Å². The molecule has 4 aliphatic rings. The van der Waals surface area contributed by atoms with Crippen LogP contribution in [0.15, 0.2) is 55.4 Å². The molecule has 1 aromatic heterocycles. The highest BCUT2D eigenvalue weighted by atomic mass is 19.4. The lowest BCUT2D eigenvalue weighted by molar-refractivity contribution is -0.138. The first-order valence-electron chi connectivity index (χ1n) is 15.5. The van der Waals surface area contributed by atoms with Crippen LogP contribution in [-0.4, -0.2) is 62.6 Å². The number of aryl methyl sites for hydroxylation is 1. The number of hydrogen-bond acceptors (Lipinski definition) is 5. The summed E-state index contributed by atoms with van der Waals surface area (Å²) >= 11 is 0. The first-order chi connectivity index (χ1) is 21.3. The minimum Gasteiger partial charge on any atom is -0.338 e. The van der Waals surface area contributed by atoms with Crippen molar-refractivity contribution < 1.29 is 22.8 Å². The lowest BCUT2D eigenvalue weighted by Gasteiger charge is -2.48. The van der Waals surface area contributed by atoms with Crippen LogP contribution in [-0.2, 0) is 30.0 Å². The molecule has 2 aromatic carbocycles. The van der Waals surface area contributed by atoms with Gasteiger partial charge in [0.25, 0.3) is 5.91 Å². The summed E-state index contributed by atoms with van der Waals surface area (Å²) in [6, 6.07) is 10.2. The standard InChI is InChI=1S/C34H37F3N6O2/c1-5-29(44)42-18-32(19-42)9-10-41(17-32)22(3)23-11-26-27(28(12-23)34(35,36)37)16-43(30(26)45)25-8-6-7-24(13-25)33(14-21(2)15-33)31-39-38-20-40(31)4/h5-8,11-13,20-22H,1,9-10,14-19H2,2-4H3/t21?,22-,33?/m1/s1. The van der Waals surface area contributed by atoms with Gasteiger partial charge in [-0.15, -0.1) is 10.2 Å². The number of amides is 2. The maximum absolute atomic E-state index is 14.6. The monoisotopic (exact) mass is 618 g/mol. The van der Waals surface area contributed by atoms with Crippen LogP contribution < -0.4 is 4.90 Å². The second-order valence-corrected chi connectivity index (χ2v) is 13.7. The molecule has 236 valence electrons. The van der Waals surface area contributed by atoms with Crippen molar-refractivity contribution in [1.29, 1.82) is 0 Å². The Kier molecular flexibility index (Phi) is 6.78. The van der Waals surface area contributed by atoms with Crippen molar-refractivity contribution in [2.24, 2.45) is 18.4 Å². The van der Waals surface area contributed by atoms with Crippen molar-refractivity contribution in [1.82, 2.24) is 24.6 Å².